The Kier molecular flexibility index (Phi) is 8.99. The second-order valence-corrected chi connectivity index (χ2v) is 10.2. The molecule has 0 aromatic rings. The van der Waals surface area contributed by atoms with E-state index in [0.29, 0.717) is 18.4 Å². The van der Waals surface area contributed by atoms with Crippen LogP contribution in [0.25, 0.3) is 0 Å². The Labute approximate surface area is 175 Å². The zero-order chi connectivity index (χ0) is 21.2. The molecular formula is C20H37ClN2O5. The van der Waals surface area contributed by atoms with Crippen molar-refractivity contribution in [2.75, 3.05) is 13.1 Å². The molecule has 8 heteroatoms. The van der Waals surface area contributed by atoms with E-state index in [4.69, 9.17) is 9.84 Å². The number of hydrogen-bond acceptors (Lipinski definition) is 5. The monoisotopic (exact) mass is 420 g/mol. The largest absolute Gasteiger partial charge is 0.480 e. The van der Waals surface area contributed by atoms with Gasteiger partial charge in [-0.05, 0) is 51.4 Å². The maximum absolute atomic E-state index is 11.9. The third-order valence-corrected chi connectivity index (χ3v) is 4.71. The van der Waals surface area contributed by atoms with Gasteiger partial charge in [-0.25, -0.2) is 9.59 Å². The minimum atomic E-state index is -0.971. The molecule has 2 aliphatic rings. The molecule has 2 aliphatic heterocycles. The zero-order valence-corrected chi connectivity index (χ0v) is 19.2. The van der Waals surface area contributed by atoms with Crippen molar-refractivity contribution >= 4 is 30.3 Å². The first-order chi connectivity index (χ1) is 12.0. The molecular weight excluding hydrogens is 384 g/mol. The molecule has 1 amide bonds. The lowest BCUT2D eigenvalue weighted by molar-refractivity contribution is -0.142. The van der Waals surface area contributed by atoms with Gasteiger partial charge in [0.1, 0.15) is 17.4 Å². The standard InChI is InChI=1S/C12H21NO4.C8H15NO.ClH/c1-11(2,3)17-10(16)13-7-12(4,5)6-8(13)9(14)15;1-6(10)7-4-8(2,3)5-9-7;/h8H,6-7H2,1-5H3,(H,14,15);7,9H,4-5H2,1-3H3;1H/t8-;7-;/m00./s1. The maximum Gasteiger partial charge on any atom is 0.411 e. The number of rotatable bonds is 2. The molecule has 0 saturated carbocycles. The molecule has 0 aromatic heterocycles. The Morgan fingerprint density at radius 3 is 1.93 bits per heavy atom. The fraction of sp³-hybridized carbons (Fsp3) is 0.850. The summed E-state index contributed by atoms with van der Waals surface area (Å²) in [5.41, 5.74) is -0.469. The molecule has 2 rings (SSSR count). The minimum Gasteiger partial charge on any atom is -0.480 e. The fourth-order valence-corrected chi connectivity index (χ4v) is 3.39. The molecule has 0 bridgehead atoms. The second kappa shape index (κ2) is 9.44. The van der Waals surface area contributed by atoms with Gasteiger partial charge in [0.05, 0.1) is 6.04 Å². The van der Waals surface area contributed by atoms with Crippen molar-refractivity contribution in [1.29, 1.82) is 0 Å². The van der Waals surface area contributed by atoms with Gasteiger partial charge in [-0.1, -0.05) is 27.7 Å². The smallest absolute Gasteiger partial charge is 0.411 e. The zero-order valence-electron chi connectivity index (χ0n) is 18.4. The van der Waals surface area contributed by atoms with E-state index in [9.17, 15) is 14.4 Å². The molecule has 28 heavy (non-hydrogen) atoms. The highest BCUT2D eigenvalue weighted by Crippen LogP contribution is 2.35. The Bertz CT molecular complexity index is 584. The van der Waals surface area contributed by atoms with Crippen LogP contribution in [0.3, 0.4) is 0 Å². The number of nitrogens with zero attached hydrogens (tertiary/aromatic N) is 1. The average molecular weight is 421 g/mol. The number of carboxylic acids is 1. The number of amides is 1. The third-order valence-electron chi connectivity index (χ3n) is 4.71. The number of Topliss-reactive ketones (excluding diaryl/α,β-unsaturated/α-hetero) is 1. The molecule has 0 radical (unpaired) electrons. The summed E-state index contributed by atoms with van der Waals surface area (Å²) in [6.45, 7) is 16.6. The number of carboxylic acid groups (broad SMARTS) is 1. The second-order valence-electron chi connectivity index (χ2n) is 10.2. The lowest BCUT2D eigenvalue weighted by atomic mass is 9.90. The molecule has 0 unspecified atom stereocenters. The summed E-state index contributed by atoms with van der Waals surface area (Å²) in [5, 5.41) is 12.3. The van der Waals surface area contributed by atoms with Gasteiger partial charge in [-0.2, -0.15) is 0 Å². The van der Waals surface area contributed by atoms with Gasteiger partial charge in [0, 0.05) is 13.1 Å². The molecule has 2 saturated heterocycles. The predicted octanol–water partition coefficient (Wildman–Crippen LogP) is 3.49. The van der Waals surface area contributed by atoms with E-state index in [-0.39, 0.29) is 29.6 Å². The highest BCUT2D eigenvalue weighted by Gasteiger charge is 2.45. The molecule has 0 aliphatic carbocycles. The average Bonchev–Trinajstić information content (AvgIpc) is 2.97. The van der Waals surface area contributed by atoms with E-state index in [1.807, 2.05) is 13.8 Å². The summed E-state index contributed by atoms with van der Waals surface area (Å²) in [6, 6.07) is -0.658. The molecule has 2 fully saturated rings. The van der Waals surface area contributed by atoms with Crippen molar-refractivity contribution < 1.29 is 24.2 Å². The Hall–Kier alpha value is -1.34. The number of ketones is 1. The van der Waals surface area contributed by atoms with Gasteiger partial charge in [-0.15, -0.1) is 12.4 Å². The van der Waals surface area contributed by atoms with Crippen LogP contribution < -0.4 is 5.32 Å². The summed E-state index contributed by atoms with van der Waals surface area (Å²) in [6.07, 6.45) is 0.902. The lowest BCUT2D eigenvalue weighted by Gasteiger charge is -2.27. The first-order valence-electron chi connectivity index (χ1n) is 9.49. The van der Waals surface area contributed by atoms with Crippen LogP contribution in [-0.4, -0.2) is 58.6 Å². The van der Waals surface area contributed by atoms with Crippen LogP contribution in [0.15, 0.2) is 0 Å². The first kappa shape index (κ1) is 26.7. The third kappa shape index (κ3) is 8.35. The predicted molar refractivity (Wildman–Crippen MR) is 111 cm³/mol. The number of aliphatic carboxylic acids is 1. The molecule has 2 atom stereocenters. The van der Waals surface area contributed by atoms with E-state index in [1.165, 1.54) is 4.90 Å². The van der Waals surface area contributed by atoms with Gasteiger partial charge in [0.2, 0.25) is 0 Å². The Balaban J connectivity index is 0.000000567. The van der Waals surface area contributed by atoms with Crippen LogP contribution in [0.2, 0.25) is 0 Å². The van der Waals surface area contributed by atoms with Crippen LogP contribution in [0.4, 0.5) is 4.79 Å². The van der Waals surface area contributed by atoms with Gasteiger partial charge in [0.15, 0.2) is 0 Å². The normalized spacial score (nSPS) is 25.2. The number of ether oxygens (including phenoxy) is 1. The van der Waals surface area contributed by atoms with Crippen molar-refractivity contribution in [3.05, 3.63) is 0 Å². The van der Waals surface area contributed by atoms with Gasteiger partial charge in [-0.3, -0.25) is 9.69 Å². The molecule has 2 heterocycles. The quantitative estimate of drug-likeness (QED) is 0.709. The number of nitrogens with one attached hydrogen (secondary N) is 1. The molecule has 2 N–H and O–H groups in total. The summed E-state index contributed by atoms with van der Waals surface area (Å²) in [7, 11) is 0. The van der Waals surface area contributed by atoms with E-state index >= 15 is 0 Å². The van der Waals surface area contributed by atoms with Gasteiger partial charge in [0.25, 0.3) is 0 Å². The van der Waals surface area contributed by atoms with Crippen molar-refractivity contribution in [2.45, 2.75) is 85.9 Å². The number of halogens is 1. The number of carbonyl (C=O) groups excluding carboxylic acids is 2. The highest BCUT2D eigenvalue weighted by molar-refractivity contribution is 5.85. The topological polar surface area (TPSA) is 95.9 Å². The van der Waals surface area contributed by atoms with Crippen LogP contribution in [0.5, 0.6) is 0 Å². The summed E-state index contributed by atoms with van der Waals surface area (Å²) in [5.74, 6) is -0.702. The number of carbonyl (C=O) groups is 3. The van der Waals surface area contributed by atoms with Gasteiger partial charge >= 0.3 is 12.1 Å². The van der Waals surface area contributed by atoms with Crippen LogP contribution in [0.1, 0.15) is 68.2 Å². The summed E-state index contributed by atoms with van der Waals surface area (Å²) in [4.78, 5) is 35.2. The molecule has 164 valence electrons. The highest BCUT2D eigenvalue weighted by atomic mass is 35.5. The van der Waals surface area contributed by atoms with Crippen LogP contribution in [-0.2, 0) is 14.3 Å². The molecule has 0 aromatic carbocycles. The van der Waals surface area contributed by atoms with E-state index in [1.54, 1.807) is 27.7 Å². The van der Waals surface area contributed by atoms with Gasteiger partial charge < -0.3 is 15.2 Å². The fourth-order valence-electron chi connectivity index (χ4n) is 3.39. The van der Waals surface area contributed by atoms with Crippen molar-refractivity contribution in [3.63, 3.8) is 0 Å². The summed E-state index contributed by atoms with van der Waals surface area (Å²) < 4.78 is 5.22. The van der Waals surface area contributed by atoms with Crippen LogP contribution in [0, 0.1) is 10.8 Å². The molecule has 7 nitrogen and oxygen atoms in total. The first-order valence-corrected chi connectivity index (χ1v) is 9.49. The number of hydrogen-bond donors (Lipinski definition) is 2. The van der Waals surface area contributed by atoms with E-state index in [0.717, 1.165) is 13.0 Å². The minimum absolute atomic E-state index is 0. The van der Waals surface area contributed by atoms with Crippen molar-refractivity contribution in [2.24, 2.45) is 10.8 Å². The summed E-state index contributed by atoms with van der Waals surface area (Å²) >= 11 is 0. The maximum atomic E-state index is 11.9. The number of likely N-dealkylation sites (tertiary alicyclic amines) is 1. The van der Waals surface area contributed by atoms with Crippen LogP contribution >= 0.6 is 12.4 Å². The van der Waals surface area contributed by atoms with Crippen molar-refractivity contribution in [3.8, 4) is 0 Å². The molecule has 0 spiro atoms. The van der Waals surface area contributed by atoms with Crippen molar-refractivity contribution in [1.82, 2.24) is 10.2 Å². The SMILES string of the molecule is CC(=O)[C@@H]1CC(C)(C)CN1.CC1(C)C[C@@H](C(=O)O)N(C(=O)OC(C)(C)C)C1.Cl. The Morgan fingerprint density at radius 2 is 1.61 bits per heavy atom. The van der Waals surface area contributed by atoms with E-state index < -0.39 is 23.7 Å². The lowest BCUT2D eigenvalue weighted by Crippen LogP contribution is -2.43. The van der Waals surface area contributed by atoms with E-state index in [2.05, 4.69) is 19.2 Å². The Morgan fingerprint density at radius 1 is 1.07 bits per heavy atom.